The summed E-state index contributed by atoms with van der Waals surface area (Å²) in [6, 6.07) is 7.07. The first-order valence-corrected chi connectivity index (χ1v) is 7.28. The Morgan fingerprint density at radius 1 is 1.04 bits per heavy atom. The number of nitrogens with one attached hydrogen (secondary N) is 1. The van der Waals surface area contributed by atoms with Crippen molar-refractivity contribution in [3.63, 3.8) is 0 Å². The third-order valence-corrected chi connectivity index (χ3v) is 3.94. The Kier molecular flexibility index (Phi) is 2.90. The monoisotopic (exact) mass is 305 g/mol. The van der Waals surface area contributed by atoms with E-state index < -0.39 is 0 Å². The molecule has 0 unspecified atom stereocenters. The molecule has 0 saturated heterocycles. The van der Waals surface area contributed by atoms with Crippen molar-refractivity contribution in [2.75, 3.05) is 0 Å². The lowest BCUT2D eigenvalue weighted by Gasteiger charge is -2.05. The molecule has 1 aromatic carbocycles. The minimum atomic E-state index is 0.245. The number of aromatic amines is 1. The number of nitrogens with zero attached hydrogens (tertiary/aromatic N) is 4. The molecule has 0 atom stereocenters. The SMILES string of the molecule is Cc1n[nH]c(C)c1-c1cn2c(-c3ccc(O)cc3)cnc2cn1. The Bertz CT molecular complexity index is 978. The zero-order valence-corrected chi connectivity index (χ0v) is 12.8. The van der Waals surface area contributed by atoms with E-state index in [0.717, 1.165) is 39.5 Å². The Hall–Kier alpha value is -3.15. The van der Waals surface area contributed by atoms with Crippen LogP contribution >= 0.6 is 0 Å². The summed E-state index contributed by atoms with van der Waals surface area (Å²) in [4.78, 5) is 8.91. The van der Waals surface area contributed by atoms with Crippen molar-refractivity contribution in [3.8, 4) is 28.3 Å². The topological polar surface area (TPSA) is 79.1 Å². The molecule has 23 heavy (non-hydrogen) atoms. The lowest BCUT2D eigenvalue weighted by Crippen LogP contribution is -1.94. The van der Waals surface area contributed by atoms with Gasteiger partial charge in [-0.2, -0.15) is 5.10 Å². The number of hydrogen-bond donors (Lipinski definition) is 2. The van der Waals surface area contributed by atoms with Crippen LogP contribution in [0.25, 0.3) is 28.2 Å². The van der Waals surface area contributed by atoms with Crippen LogP contribution in [0.5, 0.6) is 5.75 Å². The highest BCUT2D eigenvalue weighted by atomic mass is 16.3. The van der Waals surface area contributed by atoms with Gasteiger partial charge in [0.05, 0.1) is 29.5 Å². The van der Waals surface area contributed by atoms with Crippen molar-refractivity contribution in [3.05, 3.63) is 54.2 Å². The summed E-state index contributed by atoms with van der Waals surface area (Å²) >= 11 is 0. The van der Waals surface area contributed by atoms with Crippen molar-refractivity contribution in [1.82, 2.24) is 24.6 Å². The van der Waals surface area contributed by atoms with Gasteiger partial charge in [0.15, 0.2) is 5.65 Å². The second-order valence-corrected chi connectivity index (χ2v) is 5.50. The zero-order chi connectivity index (χ0) is 16.0. The lowest BCUT2D eigenvalue weighted by atomic mass is 10.1. The molecule has 4 aromatic rings. The minimum absolute atomic E-state index is 0.245. The number of phenols is 1. The number of benzene rings is 1. The molecule has 3 aromatic heterocycles. The average Bonchev–Trinajstić information content (AvgIpc) is 3.11. The fourth-order valence-corrected chi connectivity index (χ4v) is 2.79. The maximum atomic E-state index is 9.45. The molecule has 0 bridgehead atoms. The van der Waals surface area contributed by atoms with Crippen molar-refractivity contribution >= 4 is 5.65 Å². The summed E-state index contributed by atoms with van der Waals surface area (Å²) in [6.07, 6.45) is 5.53. The number of imidazole rings is 1. The molecule has 0 fully saturated rings. The van der Waals surface area contributed by atoms with Gasteiger partial charge in [-0.25, -0.2) is 4.98 Å². The lowest BCUT2D eigenvalue weighted by molar-refractivity contribution is 0.475. The Labute approximate surface area is 132 Å². The van der Waals surface area contributed by atoms with Gasteiger partial charge in [0.25, 0.3) is 0 Å². The van der Waals surface area contributed by atoms with Crippen LogP contribution in [-0.4, -0.2) is 29.7 Å². The molecule has 0 aliphatic heterocycles. The summed E-state index contributed by atoms with van der Waals surface area (Å²) in [7, 11) is 0. The quantitative estimate of drug-likeness (QED) is 0.596. The second kappa shape index (κ2) is 4.95. The first-order chi connectivity index (χ1) is 11.1. The van der Waals surface area contributed by atoms with Gasteiger partial charge >= 0.3 is 0 Å². The van der Waals surface area contributed by atoms with Gasteiger partial charge in [-0.15, -0.1) is 0 Å². The molecular weight excluding hydrogens is 290 g/mol. The largest absolute Gasteiger partial charge is 0.508 e. The van der Waals surface area contributed by atoms with E-state index in [9.17, 15) is 5.11 Å². The minimum Gasteiger partial charge on any atom is -0.508 e. The third kappa shape index (κ3) is 2.15. The highest BCUT2D eigenvalue weighted by molar-refractivity contribution is 5.68. The number of phenolic OH excluding ortho intramolecular Hbond substituents is 1. The number of rotatable bonds is 2. The van der Waals surface area contributed by atoms with Crippen molar-refractivity contribution in [2.45, 2.75) is 13.8 Å². The van der Waals surface area contributed by atoms with Crippen LogP contribution in [0.2, 0.25) is 0 Å². The molecule has 0 radical (unpaired) electrons. The molecule has 0 saturated carbocycles. The molecule has 0 aliphatic rings. The van der Waals surface area contributed by atoms with Crippen LogP contribution in [-0.2, 0) is 0 Å². The van der Waals surface area contributed by atoms with Gasteiger partial charge in [-0.3, -0.25) is 14.5 Å². The smallest absolute Gasteiger partial charge is 0.155 e. The molecule has 4 rings (SSSR count). The van der Waals surface area contributed by atoms with Crippen molar-refractivity contribution in [1.29, 1.82) is 0 Å². The predicted molar refractivity (Wildman–Crippen MR) is 87.1 cm³/mol. The third-order valence-electron chi connectivity index (χ3n) is 3.94. The van der Waals surface area contributed by atoms with Gasteiger partial charge < -0.3 is 5.11 Å². The summed E-state index contributed by atoms with van der Waals surface area (Å²) < 4.78 is 2.00. The molecule has 6 heteroatoms. The van der Waals surface area contributed by atoms with E-state index in [1.165, 1.54) is 0 Å². The van der Waals surface area contributed by atoms with Gasteiger partial charge in [0, 0.05) is 23.0 Å². The fourth-order valence-electron chi connectivity index (χ4n) is 2.79. The zero-order valence-electron chi connectivity index (χ0n) is 12.8. The van der Waals surface area contributed by atoms with Crippen molar-refractivity contribution < 1.29 is 5.11 Å². The van der Waals surface area contributed by atoms with Crippen LogP contribution < -0.4 is 0 Å². The normalized spacial score (nSPS) is 11.2. The predicted octanol–water partition coefficient (Wildman–Crippen LogP) is 3.11. The number of hydrogen-bond acceptors (Lipinski definition) is 4. The number of aromatic nitrogens is 5. The maximum absolute atomic E-state index is 9.45. The molecule has 0 spiro atoms. The van der Waals surface area contributed by atoms with Crippen LogP contribution in [0.4, 0.5) is 0 Å². The molecule has 2 N–H and O–H groups in total. The molecule has 114 valence electrons. The first kappa shape index (κ1) is 13.5. The van der Waals surface area contributed by atoms with E-state index in [0.29, 0.717) is 0 Å². The number of aromatic hydroxyl groups is 1. The van der Waals surface area contributed by atoms with E-state index in [-0.39, 0.29) is 5.75 Å². The summed E-state index contributed by atoms with van der Waals surface area (Å²) in [5.74, 6) is 0.245. The standard InChI is InChI=1S/C17H15N5O/c1-10-17(11(2)21-20-10)14-9-22-15(7-19-16(22)8-18-14)12-3-5-13(23)6-4-12/h3-9,23H,1-2H3,(H,20,21). The maximum Gasteiger partial charge on any atom is 0.155 e. The number of H-pyrrole nitrogens is 1. The van der Waals surface area contributed by atoms with E-state index >= 15 is 0 Å². The van der Waals surface area contributed by atoms with E-state index in [4.69, 9.17) is 0 Å². The van der Waals surface area contributed by atoms with Crippen LogP contribution in [0.15, 0.2) is 42.9 Å². The first-order valence-electron chi connectivity index (χ1n) is 7.28. The van der Waals surface area contributed by atoms with E-state index in [1.807, 2.05) is 42.8 Å². The Morgan fingerprint density at radius 3 is 2.52 bits per heavy atom. The number of aryl methyl sites for hydroxylation is 2. The molecule has 0 aliphatic carbocycles. The van der Waals surface area contributed by atoms with Gasteiger partial charge in [0.1, 0.15) is 5.75 Å². The Morgan fingerprint density at radius 2 is 1.83 bits per heavy atom. The highest BCUT2D eigenvalue weighted by Gasteiger charge is 2.13. The van der Waals surface area contributed by atoms with Gasteiger partial charge in [-0.05, 0) is 38.1 Å². The van der Waals surface area contributed by atoms with Crippen LogP contribution in [0, 0.1) is 13.8 Å². The van der Waals surface area contributed by atoms with Crippen LogP contribution in [0.1, 0.15) is 11.4 Å². The molecule has 0 amide bonds. The van der Waals surface area contributed by atoms with Gasteiger partial charge in [0.2, 0.25) is 0 Å². The van der Waals surface area contributed by atoms with Gasteiger partial charge in [-0.1, -0.05) is 0 Å². The van der Waals surface area contributed by atoms with Crippen molar-refractivity contribution in [2.24, 2.45) is 0 Å². The average molecular weight is 305 g/mol. The van der Waals surface area contributed by atoms with E-state index in [1.54, 1.807) is 18.3 Å². The number of fused-ring (bicyclic) bond motifs is 1. The summed E-state index contributed by atoms with van der Waals surface area (Å²) in [5, 5.41) is 16.7. The molecule has 6 nitrogen and oxygen atoms in total. The molecule has 3 heterocycles. The fraction of sp³-hybridized carbons (Fsp3) is 0.118. The summed E-state index contributed by atoms with van der Waals surface area (Å²) in [6.45, 7) is 3.94. The highest BCUT2D eigenvalue weighted by Crippen LogP contribution is 2.27. The Balaban J connectivity index is 1.91. The molecular formula is C17H15N5O. The summed E-state index contributed by atoms with van der Waals surface area (Å²) in [5.41, 5.74) is 6.46. The second-order valence-electron chi connectivity index (χ2n) is 5.50. The van der Waals surface area contributed by atoms with E-state index in [2.05, 4.69) is 20.2 Å². The van der Waals surface area contributed by atoms with Crippen LogP contribution in [0.3, 0.4) is 0 Å².